The highest BCUT2D eigenvalue weighted by Crippen LogP contribution is 2.47. The molecule has 0 bridgehead atoms. The van der Waals surface area contributed by atoms with E-state index in [1.54, 1.807) is 24.3 Å². The minimum atomic E-state index is -0.558. The van der Waals surface area contributed by atoms with Gasteiger partial charge in [0.15, 0.2) is 0 Å². The van der Waals surface area contributed by atoms with Gasteiger partial charge in [0.05, 0.1) is 24.5 Å². The maximum atomic E-state index is 15.0. The molecule has 3 amide bonds. The zero-order valence-electron chi connectivity index (χ0n) is 19.7. The van der Waals surface area contributed by atoms with E-state index >= 15 is 0 Å². The molecule has 1 saturated carbocycles. The molecule has 3 fully saturated rings. The number of hydrogen-bond acceptors (Lipinski definition) is 6. The maximum Gasteiger partial charge on any atom is 0.414 e. The lowest BCUT2D eigenvalue weighted by molar-refractivity contribution is -0.119. The second kappa shape index (κ2) is 10.3. The van der Waals surface area contributed by atoms with Gasteiger partial charge >= 0.3 is 6.09 Å². The molecule has 186 valence electrons. The molecular weight excluding hydrogens is 453 g/mol. The molecule has 2 aromatic rings. The van der Waals surface area contributed by atoms with Crippen molar-refractivity contribution in [3.05, 3.63) is 59.9 Å². The summed E-state index contributed by atoms with van der Waals surface area (Å²) in [6.45, 7) is 3.20. The number of nitrogens with one attached hydrogen (secondary N) is 2. The Morgan fingerprint density at radius 2 is 1.77 bits per heavy atom. The number of carbonyl (C=O) groups is 3. The van der Waals surface area contributed by atoms with Crippen LogP contribution < -0.4 is 26.2 Å². The Kier molecular flexibility index (Phi) is 7.20. The minimum absolute atomic E-state index is 0.0774. The lowest BCUT2D eigenvalue weighted by atomic mass is 10.2. The lowest BCUT2D eigenvalue weighted by Crippen LogP contribution is -2.35. The molecule has 10 heteroatoms. The number of hydrogen-bond donors (Lipinski definition) is 3. The largest absolute Gasteiger partial charge is 0.442 e. The van der Waals surface area contributed by atoms with E-state index in [9.17, 15) is 18.8 Å². The average molecular weight is 484 g/mol. The summed E-state index contributed by atoms with van der Waals surface area (Å²) >= 11 is 0. The highest BCUT2D eigenvalue weighted by molar-refractivity contribution is 5.94. The fraction of sp³-hybridized carbons (Fsp3) is 0.400. The van der Waals surface area contributed by atoms with E-state index in [1.165, 1.54) is 24.9 Å². The molecule has 2 aromatic carbocycles. The second-order valence-corrected chi connectivity index (χ2v) is 8.79. The SMILES string of the molecule is CC(=O)NCC1CN(c2ccc(N3CC4C(NC(=O)c5ccccc5)[C@@H]4C3)c(F)c2)C(=O)O1.CN. The molecule has 9 nitrogen and oxygen atoms in total. The summed E-state index contributed by atoms with van der Waals surface area (Å²) in [5.74, 6) is -0.0757. The third-order valence-electron chi connectivity index (χ3n) is 6.56. The summed E-state index contributed by atoms with van der Waals surface area (Å²) in [6.07, 6.45) is -1.03. The first-order valence-electron chi connectivity index (χ1n) is 11.6. The van der Waals surface area contributed by atoms with E-state index in [-0.39, 0.29) is 30.9 Å². The molecule has 5 rings (SSSR count). The Morgan fingerprint density at radius 3 is 2.40 bits per heavy atom. The summed E-state index contributed by atoms with van der Waals surface area (Å²) in [5.41, 5.74) is 6.05. The highest BCUT2D eigenvalue weighted by Gasteiger charge is 2.56. The molecule has 4 atom stereocenters. The van der Waals surface area contributed by atoms with Crippen LogP contribution in [0.25, 0.3) is 0 Å². The number of cyclic esters (lactones) is 1. The summed E-state index contributed by atoms with van der Waals surface area (Å²) in [6, 6.07) is 14.0. The summed E-state index contributed by atoms with van der Waals surface area (Å²) in [4.78, 5) is 39.0. The number of halogens is 1. The third-order valence-corrected chi connectivity index (χ3v) is 6.56. The Hall–Kier alpha value is -3.66. The Labute approximate surface area is 203 Å². The first kappa shape index (κ1) is 24.5. The number of rotatable bonds is 6. The minimum Gasteiger partial charge on any atom is -0.442 e. The average Bonchev–Trinajstić information content (AvgIpc) is 3.16. The first-order chi connectivity index (χ1) is 16.9. The molecule has 2 heterocycles. The van der Waals surface area contributed by atoms with Crippen molar-refractivity contribution in [3.63, 3.8) is 0 Å². The van der Waals surface area contributed by atoms with Gasteiger partial charge in [-0.15, -0.1) is 0 Å². The molecular formula is C25H30FN5O4. The van der Waals surface area contributed by atoms with Crippen molar-refractivity contribution in [2.75, 3.05) is 43.0 Å². The number of piperidine rings is 1. The number of carbonyl (C=O) groups excluding carboxylic acids is 3. The van der Waals surface area contributed by atoms with Gasteiger partial charge in [0.2, 0.25) is 5.91 Å². The van der Waals surface area contributed by atoms with Crippen LogP contribution in [0.5, 0.6) is 0 Å². The molecule has 4 N–H and O–H groups in total. The Bertz CT molecular complexity index is 1090. The van der Waals surface area contributed by atoms with E-state index in [4.69, 9.17) is 4.74 Å². The zero-order chi connectivity index (χ0) is 25.1. The molecule has 2 aliphatic heterocycles. The Morgan fingerprint density at radius 1 is 1.09 bits per heavy atom. The van der Waals surface area contributed by atoms with Crippen molar-refractivity contribution in [1.29, 1.82) is 0 Å². The van der Waals surface area contributed by atoms with Gasteiger partial charge in [-0.1, -0.05) is 18.2 Å². The van der Waals surface area contributed by atoms with Crippen LogP contribution in [0.15, 0.2) is 48.5 Å². The monoisotopic (exact) mass is 483 g/mol. The molecule has 3 unspecified atom stereocenters. The van der Waals surface area contributed by atoms with Crippen molar-refractivity contribution >= 4 is 29.3 Å². The van der Waals surface area contributed by atoms with E-state index < -0.39 is 18.0 Å². The quantitative estimate of drug-likeness (QED) is 0.576. The van der Waals surface area contributed by atoms with Crippen LogP contribution in [-0.2, 0) is 9.53 Å². The van der Waals surface area contributed by atoms with Crippen LogP contribution in [0.2, 0.25) is 0 Å². The van der Waals surface area contributed by atoms with Gasteiger partial charge in [-0.3, -0.25) is 14.5 Å². The molecule has 2 saturated heterocycles. The van der Waals surface area contributed by atoms with E-state index in [2.05, 4.69) is 16.4 Å². The molecule has 3 aliphatic rings. The van der Waals surface area contributed by atoms with Crippen molar-refractivity contribution in [2.45, 2.75) is 19.1 Å². The predicted octanol–water partition coefficient (Wildman–Crippen LogP) is 1.73. The second-order valence-electron chi connectivity index (χ2n) is 8.79. The number of benzene rings is 2. The number of nitrogens with two attached hydrogens (primary N) is 1. The van der Waals surface area contributed by atoms with Crippen molar-refractivity contribution < 1.29 is 23.5 Å². The van der Waals surface area contributed by atoms with Gasteiger partial charge in [0, 0.05) is 43.5 Å². The van der Waals surface area contributed by atoms with Gasteiger partial charge in [0.1, 0.15) is 11.9 Å². The van der Waals surface area contributed by atoms with E-state index in [0.717, 1.165) is 0 Å². The van der Waals surface area contributed by atoms with Gasteiger partial charge < -0.3 is 26.0 Å². The lowest BCUT2D eigenvalue weighted by Gasteiger charge is -2.24. The standard InChI is InChI=1S/C24H25FN4O4.CH5N/c1-14(30)26-10-17-11-29(24(32)33-17)16-7-8-21(20(25)9-16)28-12-18-19(13-28)22(18)27-23(31)15-5-3-2-4-6-15;1-2/h2-9,17-19,22H,10-13H2,1H3,(H,26,30)(H,27,31);2H2,1H3/t17?,18-,19?,22?;/m1./s1. The van der Waals surface area contributed by atoms with Crippen molar-refractivity contribution in [3.8, 4) is 0 Å². The Balaban J connectivity index is 0.00000141. The maximum absolute atomic E-state index is 15.0. The van der Waals surface area contributed by atoms with Gasteiger partial charge in [-0.05, 0) is 37.4 Å². The zero-order valence-corrected chi connectivity index (χ0v) is 19.7. The molecule has 0 aromatic heterocycles. The number of ether oxygens (including phenoxy) is 1. The molecule has 0 spiro atoms. The fourth-order valence-electron chi connectivity index (χ4n) is 4.78. The van der Waals surface area contributed by atoms with Gasteiger partial charge in [-0.25, -0.2) is 9.18 Å². The van der Waals surface area contributed by atoms with Crippen LogP contribution in [0.3, 0.4) is 0 Å². The highest BCUT2D eigenvalue weighted by atomic mass is 19.1. The summed E-state index contributed by atoms with van der Waals surface area (Å²) < 4.78 is 20.2. The van der Waals surface area contributed by atoms with Gasteiger partial charge in [-0.2, -0.15) is 0 Å². The molecule has 35 heavy (non-hydrogen) atoms. The molecule has 1 aliphatic carbocycles. The van der Waals surface area contributed by atoms with Crippen molar-refractivity contribution in [2.24, 2.45) is 17.6 Å². The van der Waals surface area contributed by atoms with Gasteiger partial charge in [0.25, 0.3) is 5.91 Å². The van der Waals surface area contributed by atoms with E-state index in [1.807, 2.05) is 23.1 Å². The van der Waals surface area contributed by atoms with E-state index in [0.29, 0.717) is 41.9 Å². The normalized spacial score (nSPS) is 24.2. The number of amides is 3. The molecule has 0 radical (unpaired) electrons. The summed E-state index contributed by atoms with van der Waals surface area (Å²) in [5, 5.41) is 5.71. The fourth-order valence-corrected chi connectivity index (χ4v) is 4.78. The van der Waals surface area contributed by atoms with Crippen LogP contribution in [-0.4, -0.2) is 63.3 Å². The number of anilines is 2. The predicted molar refractivity (Wildman–Crippen MR) is 130 cm³/mol. The summed E-state index contributed by atoms with van der Waals surface area (Å²) in [7, 11) is 1.50. The number of nitrogens with zero attached hydrogens (tertiary/aromatic N) is 2. The van der Waals surface area contributed by atoms with Crippen LogP contribution >= 0.6 is 0 Å². The van der Waals surface area contributed by atoms with Crippen LogP contribution in [0, 0.1) is 17.7 Å². The smallest absolute Gasteiger partial charge is 0.414 e. The number of fused-ring (bicyclic) bond motifs is 1. The van der Waals surface area contributed by atoms with Crippen molar-refractivity contribution in [1.82, 2.24) is 10.6 Å². The third kappa shape index (κ3) is 5.22. The van der Waals surface area contributed by atoms with Crippen LogP contribution in [0.1, 0.15) is 17.3 Å². The van der Waals surface area contributed by atoms with Crippen LogP contribution in [0.4, 0.5) is 20.6 Å². The first-order valence-corrected chi connectivity index (χ1v) is 11.6. The topological polar surface area (TPSA) is 117 Å².